The Labute approximate surface area is 124 Å². The molecule has 0 aliphatic carbocycles. The average molecular weight is 294 g/mol. The zero-order valence-electron chi connectivity index (χ0n) is 11.7. The molecule has 4 nitrogen and oxygen atoms in total. The van der Waals surface area contributed by atoms with Crippen molar-refractivity contribution >= 4 is 22.5 Å². The first-order valence-corrected chi connectivity index (χ1v) is 7.38. The minimum atomic E-state index is 0.261. The van der Waals surface area contributed by atoms with E-state index in [4.69, 9.17) is 16.3 Å². The van der Waals surface area contributed by atoms with E-state index in [0.29, 0.717) is 0 Å². The summed E-state index contributed by atoms with van der Waals surface area (Å²) in [7, 11) is 2.13. The maximum atomic E-state index is 6.39. The molecule has 0 bridgehead atoms. The van der Waals surface area contributed by atoms with Crippen LogP contribution in [0.5, 0.6) is 0 Å². The maximum Gasteiger partial charge on any atom is 0.0826 e. The van der Waals surface area contributed by atoms with Crippen LogP contribution in [0.2, 0.25) is 5.02 Å². The van der Waals surface area contributed by atoms with Gasteiger partial charge in [-0.2, -0.15) is 0 Å². The molecule has 0 saturated carbocycles. The van der Waals surface area contributed by atoms with Gasteiger partial charge in [-0.25, -0.2) is 0 Å². The number of fused-ring (bicyclic) bond motifs is 1. The Morgan fingerprint density at radius 3 is 3.10 bits per heavy atom. The number of aromatic nitrogens is 1. The summed E-state index contributed by atoms with van der Waals surface area (Å²) in [6, 6.07) is 8.10. The number of rotatable bonds is 4. The number of likely N-dealkylation sites (N-methyl/N-ethyl adjacent to an activating group) is 1. The second-order valence-corrected chi connectivity index (χ2v) is 5.73. The number of para-hydroxylation sites is 1. The molecule has 20 heavy (non-hydrogen) atoms. The minimum absolute atomic E-state index is 0.261. The van der Waals surface area contributed by atoms with Gasteiger partial charge >= 0.3 is 0 Å². The lowest BCUT2D eigenvalue weighted by Crippen LogP contribution is -2.44. The molecule has 3 rings (SSSR count). The van der Waals surface area contributed by atoms with Gasteiger partial charge in [-0.3, -0.25) is 0 Å². The van der Waals surface area contributed by atoms with E-state index in [1.165, 1.54) is 0 Å². The van der Waals surface area contributed by atoms with Crippen LogP contribution in [0, 0.1) is 0 Å². The van der Waals surface area contributed by atoms with Gasteiger partial charge in [-0.15, -0.1) is 0 Å². The fourth-order valence-electron chi connectivity index (χ4n) is 2.63. The summed E-state index contributed by atoms with van der Waals surface area (Å²) in [6.45, 7) is 4.39. The number of nitrogens with one attached hydrogen (secondary N) is 2. The van der Waals surface area contributed by atoms with Crippen LogP contribution in [0.15, 0.2) is 24.3 Å². The Kier molecular flexibility index (Phi) is 4.27. The van der Waals surface area contributed by atoms with Crippen molar-refractivity contribution in [2.24, 2.45) is 0 Å². The number of nitrogens with zero attached hydrogens (tertiary/aromatic N) is 1. The molecule has 1 aliphatic rings. The molecule has 0 spiro atoms. The van der Waals surface area contributed by atoms with E-state index < -0.39 is 0 Å². The highest BCUT2D eigenvalue weighted by molar-refractivity contribution is 6.36. The van der Waals surface area contributed by atoms with Gasteiger partial charge in [0.25, 0.3) is 0 Å². The molecule has 1 atom stereocenters. The molecule has 1 aromatic heterocycles. The normalized spacial score (nSPS) is 20.6. The van der Waals surface area contributed by atoms with Crippen molar-refractivity contribution < 1.29 is 4.74 Å². The minimum Gasteiger partial charge on any atom is -0.374 e. The second kappa shape index (κ2) is 6.14. The monoisotopic (exact) mass is 293 g/mol. The molecule has 0 radical (unpaired) electrons. The predicted octanol–water partition coefficient (Wildman–Crippen LogP) is 2.24. The zero-order chi connectivity index (χ0) is 13.9. The highest BCUT2D eigenvalue weighted by atomic mass is 35.5. The third kappa shape index (κ3) is 2.99. The van der Waals surface area contributed by atoms with Crippen molar-refractivity contribution in [3.05, 3.63) is 35.0 Å². The first-order valence-electron chi connectivity index (χ1n) is 7.00. The lowest BCUT2D eigenvalue weighted by atomic mass is 10.2. The average Bonchev–Trinajstić information content (AvgIpc) is 2.76. The van der Waals surface area contributed by atoms with E-state index in [9.17, 15) is 0 Å². The smallest absolute Gasteiger partial charge is 0.0826 e. The predicted molar refractivity (Wildman–Crippen MR) is 82.3 cm³/mol. The van der Waals surface area contributed by atoms with Gasteiger partial charge in [-0.05, 0) is 13.1 Å². The SMILES string of the molecule is CN1CCOC(CNCc2[nH]c3ccccc3c2Cl)C1. The number of H-pyrrole nitrogens is 1. The van der Waals surface area contributed by atoms with Crippen molar-refractivity contribution in [1.29, 1.82) is 0 Å². The van der Waals surface area contributed by atoms with Crippen LogP contribution in [0.4, 0.5) is 0 Å². The lowest BCUT2D eigenvalue weighted by Gasteiger charge is -2.30. The maximum absolute atomic E-state index is 6.39. The Hall–Kier alpha value is -1.07. The summed E-state index contributed by atoms with van der Waals surface area (Å²) in [5, 5.41) is 5.32. The third-order valence-electron chi connectivity index (χ3n) is 3.73. The van der Waals surface area contributed by atoms with Crippen LogP contribution in [0.1, 0.15) is 5.69 Å². The molecule has 108 valence electrons. The zero-order valence-corrected chi connectivity index (χ0v) is 12.4. The van der Waals surface area contributed by atoms with Crippen molar-refractivity contribution in [3.8, 4) is 0 Å². The summed E-state index contributed by atoms with van der Waals surface area (Å²) in [5.74, 6) is 0. The second-order valence-electron chi connectivity index (χ2n) is 5.35. The number of morpholine rings is 1. The molecule has 1 aliphatic heterocycles. The van der Waals surface area contributed by atoms with Crippen molar-refractivity contribution in [2.75, 3.05) is 33.3 Å². The Bertz CT molecular complexity index is 584. The molecule has 1 saturated heterocycles. The first-order chi connectivity index (χ1) is 9.74. The van der Waals surface area contributed by atoms with Gasteiger partial charge < -0.3 is 19.9 Å². The topological polar surface area (TPSA) is 40.3 Å². The lowest BCUT2D eigenvalue weighted by molar-refractivity contribution is -0.0182. The van der Waals surface area contributed by atoms with E-state index in [1.807, 2.05) is 24.3 Å². The summed E-state index contributed by atoms with van der Waals surface area (Å²) >= 11 is 6.39. The fraction of sp³-hybridized carbons (Fsp3) is 0.467. The Morgan fingerprint density at radius 2 is 2.30 bits per heavy atom. The van der Waals surface area contributed by atoms with Gasteiger partial charge in [0.15, 0.2) is 0 Å². The van der Waals surface area contributed by atoms with E-state index in [1.54, 1.807) is 0 Å². The summed E-state index contributed by atoms with van der Waals surface area (Å²) < 4.78 is 5.73. The van der Waals surface area contributed by atoms with Gasteiger partial charge in [0, 0.05) is 42.8 Å². The molecule has 1 aromatic carbocycles. The number of ether oxygens (including phenoxy) is 1. The van der Waals surface area contributed by atoms with Gasteiger partial charge in [0.05, 0.1) is 17.7 Å². The van der Waals surface area contributed by atoms with E-state index in [0.717, 1.165) is 54.4 Å². The molecule has 5 heteroatoms. The van der Waals surface area contributed by atoms with E-state index in [-0.39, 0.29) is 6.10 Å². The largest absolute Gasteiger partial charge is 0.374 e. The summed E-state index contributed by atoms with van der Waals surface area (Å²) in [5.41, 5.74) is 2.12. The molecule has 2 aromatic rings. The van der Waals surface area contributed by atoms with Crippen LogP contribution < -0.4 is 5.32 Å². The highest BCUT2D eigenvalue weighted by Crippen LogP contribution is 2.26. The fourth-order valence-corrected chi connectivity index (χ4v) is 2.91. The molecular weight excluding hydrogens is 274 g/mol. The summed E-state index contributed by atoms with van der Waals surface area (Å²) in [6.07, 6.45) is 0.261. The number of aromatic amines is 1. The van der Waals surface area contributed by atoms with Crippen LogP contribution in [-0.4, -0.2) is 49.3 Å². The number of hydrogen-bond acceptors (Lipinski definition) is 3. The van der Waals surface area contributed by atoms with Crippen molar-refractivity contribution in [3.63, 3.8) is 0 Å². The van der Waals surface area contributed by atoms with Crippen LogP contribution in [0.3, 0.4) is 0 Å². The van der Waals surface area contributed by atoms with Crippen LogP contribution >= 0.6 is 11.6 Å². The quantitative estimate of drug-likeness (QED) is 0.908. The van der Waals surface area contributed by atoms with Gasteiger partial charge in [0.2, 0.25) is 0 Å². The molecule has 2 N–H and O–H groups in total. The molecular formula is C15H20ClN3O. The number of halogens is 1. The van der Waals surface area contributed by atoms with Gasteiger partial charge in [0.1, 0.15) is 0 Å². The molecule has 1 unspecified atom stereocenters. The summed E-state index contributed by atoms with van der Waals surface area (Å²) in [4.78, 5) is 5.66. The van der Waals surface area contributed by atoms with Gasteiger partial charge in [-0.1, -0.05) is 29.8 Å². The Morgan fingerprint density at radius 1 is 1.45 bits per heavy atom. The standard InChI is InChI=1S/C15H20ClN3O/c1-19-6-7-20-11(10-19)8-17-9-14-15(16)12-4-2-3-5-13(12)18-14/h2-5,11,17-18H,6-10H2,1H3. The number of benzene rings is 1. The van der Waals surface area contributed by atoms with Crippen LogP contribution in [-0.2, 0) is 11.3 Å². The van der Waals surface area contributed by atoms with E-state index >= 15 is 0 Å². The first kappa shape index (κ1) is 13.9. The molecule has 2 heterocycles. The van der Waals surface area contributed by atoms with E-state index in [2.05, 4.69) is 22.2 Å². The van der Waals surface area contributed by atoms with Crippen LogP contribution in [0.25, 0.3) is 10.9 Å². The molecule has 1 fully saturated rings. The third-order valence-corrected chi connectivity index (χ3v) is 4.16. The van der Waals surface area contributed by atoms with Crippen molar-refractivity contribution in [2.45, 2.75) is 12.6 Å². The molecule has 0 amide bonds. The van der Waals surface area contributed by atoms with Crippen molar-refractivity contribution in [1.82, 2.24) is 15.2 Å². The highest BCUT2D eigenvalue weighted by Gasteiger charge is 2.17. The number of hydrogen-bond donors (Lipinski definition) is 2. The Balaban J connectivity index is 1.58.